The summed E-state index contributed by atoms with van der Waals surface area (Å²) in [4.78, 5) is 15.3. The van der Waals surface area contributed by atoms with Crippen LogP contribution in [0.3, 0.4) is 0 Å². The molecule has 0 aliphatic carbocycles. The van der Waals surface area contributed by atoms with Crippen molar-refractivity contribution in [3.05, 3.63) is 112 Å². The van der Waals surface area contributed by atoms with Crippen LogP contribution >= 0.6 is 35.6 Å². The van der Waals surface area contributed by atoms with Gasteiger partial charge in [0, 0.05) is 22.3 Å². The summed E-state index contributed by atoms with van der Waals surface area (Å²) in [7, 11) is 0. The third-order valence-electron chi connectivity index (χ3n) is 5.33. The smallest absolute Gasteiger partial charge is 0.266 e. The lowest BCUT2D eigenvalue weighted by Gasteiger charge is -2.15. The molecular formula is C26H17ClFN3OS2. The summed E-state index contributed by atoms with van der Waals surface area (Å²) in [6, 6.07) is 23.2. The molecule has 34 heavy (non-hydrogen) atoms. The van der Waals surface area contributed by atoms with E-state index in [4.69, 9.17) is 28.9 Å². The molecule has 0 radical (unpaired) electrons. The number of para-hydroxylation sites is 1. The third kappa shape index (κ3) is 4.55. The molecule has 1 fully saturated rings. The number of thioether (sulfide) groups is 1. The van der Waals surface area contributed by atoms with Gasteiger partial charge in [0.2, 0.25) is 0 Å². The lowest BCUT2D eigenvalue weighted by Crippen LogP contribution is -2.27. The molecule has 1 amide bonds. The molecule has 0 bridgehead atoms. The van der Waals surface area contributed by atoms with E-state index in [1.54, 1.807) is 33.9 Å². The Morgan fingerprint density at radius 2 is 1.71 bits per heavy atom. The third-order valence-corrected chi connectivity index (χ3v) is 7.07. The van der Waals surface area contributed by atoms with E-state index in [0.717, 1.165) is 22.4 Å². The number of hydrogen-bond acceptors (Lipinski definition) is 4. The van der Waals surface area contributed by atoms with Gasteiger partial charge >= 0.3 is 0 Å². The van der Waals surface area contributed by atoms with E-state index < -0.39 is 0 Å². The van der Waals surface area contributed by atoms with Crippen molar-refractivity contribution in [1.82, 2.24) is 14.7 Å². The summed E-state index contributed by atoms with van der Waals surface area (Å²) in [5.41, 5.74) is 3.81. The van der Waals surface area contributed by atoms with Gasteiger partial charge in [0.1, 0.15) is 10.1 Å². The van der Waals surface area contributed by atoms with Crippen molar-refractivity contribution in [2.45, 2.75) is 6.54 Å². The van der Waals surface area contributed by atoms with E-state index >= 15 is 0 Å². The van der Waals surface area contributed by atoms with Crippen LogP contribution in [0.15, 0.2) is 90.0 Å². The van der Waals surface area contributed by atoms with Gasteiger partial charge in [-0.05, 0) is 54.1 Å². The van der Waals surface area contributed by atoms with Gasteiger partial charge in [-0.25, -0.2) is 9.07 Å². The molecule has 4 nitrogen and oxygen atoms in total. The van der Waals surface area contributed by atoms with Gasteiger partial charge in [-0.3, -0.25) is 9.69 Å². The van der Waals surface area contributed by atoms with Gasteiger partial charge in [-0.15, -0.1) is 0 Å². The minimum Gasteiger partial charge on any atom is -0.288 e. The topological polar surface area (TPSA) is 38.1 Å². The number of carbonyl (C=O) groups excluding carboxylic acids is 1. The number of carbonyl (C=O) groups is 1. The molecule has 1 saturated heterocycles. The number of halogens is 2. The number of nitrogens with zero attached hydrogens (tertiary/aromatic N) is 3. The standard InChI is InChI=1S/C26H17ClFN3OS2/c27-22-9-5-4-6-18(22)15-30-25(32)23(34-26(30)33)14-19-16-31(21-7-2-1-3-8-21)29-24(19)17-10-12-20(28)13-11-17/h1-14,16H,15H2. The maximum absolute atomic E-state index is 13.5. The molecule has 3 aromatic carbocycles. The van der Waals surface area contributed by atoms with Crippen LogP contribution in [0, 0.1) is 5.82 Å². The maximum Gasteiger partial charge on any atom is 0.266 e. The minimum atomic E-state index is -0.326. The number of rotatable bonds is 5. The van der Waals surface area contributed by atoms with Crippen LogP contribution in [-0.4, -0.2) is 24.9 Å². The first kappa shape index (κ1) is 22.5. The largest absolute Gasteiger partial charge is 0.288 e. The molecule has 1 aromatic heterocycles. The van der Waals surface area contributed by atoms with Gasteiger partial charge in [0.25, 0.3) is 5.91 Å². The molecule has 0 unspecified atom stereocenters. The fourth-order valence-corrected chi connectivity index (χ4v) is 5.05. The lowest BCUT2D eigenvalue weighted by molar-refractivity contribution is -0.122. The van der Waals surface area contributed by atoms with Crippen molar-refractivity contribution >= 4 is 51.9 Å². The fraction of sp³-hybridized carbons (Fsp3) is 0.0385. The molecule has 0 N–H and O–H groups in total. The van der Waals surface area contributed by atoms with Gasteiger partial charge in [-0.1, -0.05) is 72.0 Å². The van der Waals surface area contributed by atoms with Gasteiger partial charge < -0.3 is 0 Å². The summed E-state index contributed by atoms with van der Waals surface area (Å²) in [6.45, 7) is 0.301. The average molecular weight is 506 g/mol. The second-order valence-corrected chi connectivity index (χ2v) is 9.66. The van der Waals surface area contributed by atoms with Crippen LogP contribution in [-0.2, 0) is 11.3 Å². The number of aromatic nitrogens is 2. The Morgan fingerprint density at radius 1 is 1.00 bits per heavy atom. The Balaban J connectivity index is 1.52. The summed E-state index contributed by atoms with van der Waals surface area (Å²) in [5, 5.41) is 5.32. The lowest BCUT2D eigenvalue weighted by atomic mass is 10.1. The molecule has 1 aliphatic rings. The van der Waals surface area contributed by atoms with Crippen LogP contribution in [0.2, 0.25) is 5.02 Å². The van der Waals surface area contributed by atoms with E-state index in [0.29, 0.717) is 26.5 Å². The van der Waals surface area contributed by atoms with Crippen LogP contribution in [0.25, 0.3) is 23.0 Å². The molecule has 1 aliphatic heterocycles. The quantitative estimate of drug-likeness (QED) is 0.222. The first-order chi connectivity index (χ1) is 16.5. The van der Waals surface area contributed by atoms with Crippen molar-refractivity contribution in [3.8, 4) is 16.9 Å². The zero-order chi connectivity index (χ0) is 23.7. The number of amides is 1. The second kappa shape index (κ2) is 9.54. The van der Waals surface area contributed by atoms with Crippen LogP contribution in [0.4, 0.5) is 4.39 Å². The predicted molar refractivity (Wildman–Crippen MR) is 139 cm³/mol. The molecular weight excluding hydrogens is 489 g/mol. The van der Waals surface area contributed by atoms with E-state index in [1.807, 2.05) is 54.7 Å². The zero-order valence-electron chi connectivity index (χ0n) is 17.7. The Hall–Kier alpha value is -3.26. The monoisotopic (exact) mass is 505 g/mol. The predicted octanol–water partition coefficient (Wildman–Crippen LogP) is 6.73. The summed E-state index contributed by atoms with van der Waals surface area (Å²) in [5.74, 6) is -0.513. The fourth-order valence-electron chi connectivity index (χ4n) is 3.61. The average Bonchev–Trinajstić information content (AvgIpc) is 3.38. The van der Waals surface area contributed by atoms with Gasteiger partial charge in [-0.2, -0.15) is 5.10 Å². The van der Waals surface area contributed by atoms with Crippen molar-refractivity contribution in [1.29, 1.82) is 0 Å². The molecule has 0 spiro atoms. The minimum absolute atomic E-state index is 0.188. The molecule has 0 saturated carbocycles. The highest BCUT2D eigenvalue weighted by molar-refractivity contribution is 8.26. The Bertz CT molecular complexity index is 1420. The first-order valence-electron chi connectivity index (χ1n) is 10.4. The van der Waals surface area contributed by atoms with Crippen LogP contribution in [0.1, 0.15) is 11.1 Å². The second-order valence-electron chi connectivity index (χ2n) is 7.58. The van der Waals surface area contributed by atoms with Gasteiger partial charge in [0.05, 0.1) is 22.8 Å². The normalized spacial score (nSPS) is 14.9. The van der Waals surface area contributed by atoms with Gasteiger partial charge in [0.15, 0.2) is 0 Å². The number of thiocarbonyl (C=S) groups is 1. The summed E-state index contributed by atoms with van der Waals surface area (Å²) >= 11 is 13.0. The molecule has 0 atom stereocenters. The Morgan fingerprint density at radius 3 is 2.44 bits per heavy atom. The Kier molecular flexibility index (Phi) is 6.32. The van der Waals surface area contributed by atoms with E-state index in [9.17, 15) is 9.18 Å². The van der Waals surface area contributed by atoms with Crippen molar-refractivity contribution in [3.63, 3.8) is 0 Å². The summed E-state index contributed by atoms with van der Waals surface area (Å²) in [6.07, 6.45) is 3.64. The highest BCUT2D eigenvalue weighted by Crippen LogP contribution is 2.36. The maximum atomic E-state index is 13.5. The molecule has 8 heteroatoms. The first-order valence-corrected chi connectivity index (χ1v) is 12.0. The van der Waals surface area contributed by atoms with Crippen molar-refractivity contribution in [2.75, 3.05) is 0 Å². The van der Waals surface area contributed by atoms with Crippen LogP contribution < -0.4 is 0 Å². The number of benzene rings is 3. The zero-order valence-corrected chi connectivity index (χ0v) is 20.1. The van der Waals surface area contributed by atoms with Crippen molar-refractivity contribution < 1.29 is 9.18 Å². The number of hydrogen-bond donors (Lipinski definition) is 0. The van der Waals surface area contributed by atoms with Crippen LogP contribution in [0.5, 0.6) is 0 Å². The van der Waals surface area contributed by atoms with E-state index in [1.165, 1.54) is 23.9 Å². The Labute approximate surface area is 210 Å². The molecule has 5 rings (SSSR count). The van der Waals surface area contributed by atoms with E-state index in [2.05, 4.69) is 0 Å². The summed E-state index contributed by atoms with van der Waals surface area (Å²) < 4.78 is 15.7. The highest BCUT2D eigenvalue weighted by atomic mass is 35.5. The molecule has 4 aromatic rings. The highest BCUT2D eigenvalue weighted by Gasteiger charge is 2.32. The van der Waals surface area contributed by atoms with Crippen molar-refractivity contribution in [2.24, 2.45) is 0 Å². The molecule has 168 valence electrons. The molecule has 2 heterocycles. The SMILES string of the molecule is O=C1C(=Cc2cn(-c3ccccc3)nc2-c2ccc(F)cc2)SC(=S)N1Cc1ccccc1Cl. The van der Waals surface area contributed by atoms with E-state index in [-0.39, 0.29) is 11.7 Å².